The zero-order chi connectivity index (χ0) is 15.3. The first-order valence-corrected chi connectivity index (χ1v) is 7.06. The minimum atomic E-state index is -0.343. The molecule has 4 heteroatoms. The third-order valence-corrected chi connectivity index (χ3v) is 2.75. The highest BCUT2D eigenvalue weighted by molar-refractivity contribution is 5.49. The highest BCUT2D eigenvalue weighted by atomic mass is 16.5. The molecule has 4 nitrogen and oxygen atoms in total. The number of nitrogen functional groups attached to an aromatic ring is 1. The molecule has 2 aromatic rings. The molecule has 21 heavy (non-hydrogen) atoms. The van der Waals surface area contributed by atoms with Crippen molar-refractivity contribution in [3.8, 4) is 11.8 Å². The molecular weight excluding hydrogens is 264 g/mol. The molecule has 0 saturated carbocycles. The molecule has 0 radical (unpaired) electrons. The van der Waals surface area contributed by atoms with Gasteiger partial charge >= 0.3 is 0 Å². The maximum Gasteiger partial charge on any atom is 0.241 e. The fraction of sp³-hybridized carbons (Fsp3) is 0.353. The molecule has 2 N–H and O–H groups in total. The van der Waals surface area contributed by atoms with E-state index in [4.69, 9.17) is 15.2 Å². The van der Waals surface area contributed by atoms with Crippen LogP contribution in [-0.2, 0) is 6.42 Å². The average molecular weight is 286 g/mol. The number of ether oxygens (including phenoxy) is 2. The summed E-state index contributed by atoms with van der Waals surface area (Å²) in [5.41, 5.74) is 7.28. The van der Waals surface area contributed by atoms with Crippen molar-refractivity contribution in [1.29, 1.82) is 0 Å². The van der Waals surface area contributed by atoms with Crippen LogP contribution in [0.2, 0.25) is 0 Å². The van der Waals surface area contributed by atoms with E-state index in [2.05, 4.69) is 17.1 Å². The Morgan fingerprint density at radius 3 is 2.43 bits per heavy atom. The summed E-state index contributed by atoms with van der Waals surface area (Å²) in [6.07, 6.45) is 0.836. The van der Waals surface area contributed by atoms with E-state index in [0.717, 1.165) is 6.42 Å². The Kier molecular flexibility index (Phi) is 4.68. The van der Waals surface area contributed by atoms with Crippen molar-refractivity contribution in [1.82, 2.24) is 4.98 Å². The smallest absolute Gasteiger partial charge is 0.241 e. The van der Waals surface area contributed by atoms with Crippen molar-refractivity contribution in [2.24, 2.45) is 0 Å². The molecule has 0 saturated heterocycles. The topological polar surface area (TPSA) is 57.4 Å². The number of benzene rings is 1. The molecule has 0 aliphatic carbocycles. The molecule has 0 atom stereocenters. The van der Waals surface area contributed by atoms with Gasteiger partial charge in [0.05, 0.1) is 12.3 Å². The van der Waals surface area contributed by atoms with Gasteiger partial charge in [0.15, 0.2) is 0 Å². The van der Waals surface area contributed by atoms with Gasteiger partial charge in [0, 0.05) is 12.5 Å². The molecule has 1 heterocycles. The van der Waals surface area contributed by atoms with Crippen LogP contribution in [-0.4, -0.2) is 17.2 Å². The minimum absolute atomic E-state index is 0.343. The van der Waals surface area contributed by atoms with Crippen LogP contribution in [0, 0.1) is 0 Å². The minimum Gasteiger partial charge on any atom is -0.477 e. The van der Waals surface area contributed by atoms with E-state index in [1.807, 2.05) is 39.0 Å². The summed E-state index contributed by atoms with van der Waals surface area (Å²) in [6.45, 7) is 6.43. The summed E-state index contributed by atoms with van der Waals surface area (Å²) in [7, 11) is 0. The summed E-state index contributed by atoms with van der Waals surface area (Å²) in [5, 5.41) is 0. The Labute approximate surface area is 125 Å². The Hall–Kier alpha value is -2.23. The van der Waals surface area contributed by atoms with E-state index in [9.17, 15) is 0 Å². The zero-order valence-electron chi connectivity index (χ0n) is 12.8. The normalized spacial score (nSPS) is 11.2. The lowest BCUT2D eigenvalue weighted by atomic mass is 10.2. The number of rotatable bonds is 5. The number of anilines is 1. The van der Waals surface area contributed by atoms with Crippen LogP contribution in [0.3, 0.4) is 0 Å². The van der Waals surface area contributed by atoms with Crippen LogP contribution < -0.4 is 15.2 Å². The van der Waals surface area contributed by atoms with E-state index < -0.39 is 0 Å². The zero-order valence-corrected chi connectivity index (χ0v) is 12.8. The number of nitrogens with zero attached hydrogens (tertiary/aromatic N) is 1. The Balaban J connectivity index is 1.96. The van der Waals surface area contributed by atoms with Gasteiger partial charge in [-0.15, -0.1) is 0 Å². The molecule has 1 aromatic heterocycles. The summed E-state index contributed by atoms with van der Waals surface area (Å²) in [4.78, 5) is 4.32. The van der Waals surface area contributed by atoms with Gasteiger partial charge in [0.1, 0.15) is 5.60 Å². The van der Waals surface area contributed by atoms with Gasteiger partial charge in [0.2, 0.25) is 11.8 Å². The lowest BCUT2D eigenvalue weighted by molar-refractivity contribution is 0.123. The fourth-order valence-electron chi connectivity index (χ4n) is 1.80. The second-order valence-corrected chi connectivity index (χ2v) is 5.84. The Bertz CT molecular complexity index is 577. The van der Waals surface area contributed by atoms with E-state index in [0.29, 0.717) is 24.1 Å². The van der Waals surface area contributed by atoms with Crippen molar-refractivity contribution in [2.75, 3.05) is 12.3 Å². The van der Waals surface area contributed by atoms with Crippen LogP contribution in [0.4, 0.5) is 5.69 Å². The molecule has 0 amide bonds. The summed E-state index contributed by atoms with van der Waals surface area (Å²) in [6, 6.07) is 13.7. The predicted octanol–water partition coefficient (Wildman–Crippen LogP) is 3.46. The van der Waals surface area contributed by atoms with Crippen LogP contribution in [0.5, 0.6) is 11.8 Å². The molecule has 112 valence electrons. The fourth-order valence-corrected chi connectivity index (χ4v) is 1.80. The van der Waals surface area contributed by atoms with Gasteiger partial charge in [-0.2, -0.15) is 4.98 Å². The summed E-state index contributed by atoms with van der Waals surface area (Å²) in [5.74, 6) is 0.944. The second-order valence-electron chi connectivity index (χ2n) is 5.84. The van der Waals surface area contributed by atoms with Gasteiger partial charge in [-0.05, 0) is 32.4 Å². The summed E-state index contributed by atoms with van der Waals surface area (Å²) >= 11 is 0. The number of nitrogens with two attached hydrogens (primary N) is 1. The predicted molar refractivity (Wildman–Crippen MR) is 84.7 cm³/mol. The molecule has 2 rings (SSSR count). The van der Waals surface area contributed by atoms with Crippen LogP contribution in [0.15, 0.2) is 42.5 Å². The lowest BCUT2D eigenvalue weighted by Gasteiger charge is -2.21. The number of aromatic nitrogens is 1. The van der Waals surface area contributed by atoms with Crippen LogP contribution in [0.1, 0.15) is 26.3 Å². The monoisotopic (exact) mass is 286 g/mol. The van der Waals surface area contributed by atoms with Crippen LogP contribution >= 0.6 is 0 Å². The van der Waals surface area contributed by atoms with Crippen molar-refractivity contribution in [2.45, 2.75) is 32.8 Å². The van der Waals surface area contributed by atoms with Gasteiger partial charge in [-0.3, -0.25) is 0 Å². The first-order valence-electron chi connectivity index (χ1n) is 7.06. The highest BCUT2D eigenvalue weighted by Gasteiger charge is 2.15. The van der Waals surface area contributed by atoms with E-state index >= 15 is 0 Å². The van der Waals surface area contributed by atoms with Gasteiger partial charge in [0.25, 0.3) is 0 Å². The molecular formula is C17H22N2O2. The molecule has 0 aliphatic rings. The third-order valence-electron chi connectivity index (χ3n) is 2.75. The van der Waals surface area contributed by atoms with Gasteiger partial charge < -0.3 is 15.2 Å². The SMILES string of the molecule is CC(C)(C)Oc1nc(OCCc2ccccc2)ccc1N. The third kappa shape index (κ3) is 4.99. The Morgan fingerprint density at radius 1 is 1.05 bits per heavy atom. The standard InChI is InChI=1S/C17H22N2O2/c1-17(2,3)21-16-14(18)9-10-15(19-16)20-12-11-13-7-5-4-6-8-13/h4-10H,11-12,18H2,1-3H3. The molecule has 1 aromatic carbocycles. The Morgan fingerprint density at radius 2 is 1.76 bits per heavy atom. The second kappa shape index (κ2) is 6.48. The largest absolute Gasteiger partial charge is 0.477 e. The van der Waals surface area contributed by atoms with Gasteiger partial charge in [-0.1, -0.05) is 30.3 Å². The molecule has 0 spiro atoms. The molecule has 0 bridgehead atoms. The first kappa shape index (κ1) is 15.2. The maximum absolute atomic E-state index is 5.87. The number of hydrogen-bond acceptors (Lipinski definition) is 4. The first-order chi connectivity index (χ1) is 9.94. The lowest BCUT2D eigenvalue weighted by Crippen LogP contribution is -2.24. The molecule has 0 aliphatic heterocycles. The van der Waals surface area contributed by atoms with E-state index in [1.165, 1.54) is 5.56 Å². The highest BCUT2D eigenvalue weighted by Crippen LogP contribution is 2.25. The summed E-state index contributed by atoms with van der Waals surface area (Å²) < 4.78 is 11.4. The van der Waals surface area contributed by atoms with Crippen molar-refractivity contribution >= 4 is 5.69 Å². The maximum atomic E-state index is 5.87. The van der Waals surface area contributed by atoms with Gasteiger partial charge in [-0.25, -0.2) is 0 Å². The van der Waals surface area contributed by atoms with Crippen molar-refractivity contribution < 1.29 is 9.47 Å². The van der Waals surface area contributed by atoms with E-state index in [-0.39, 0.29) is 5.60 Å². The molecule has 0 unspecified atom stereocenters. The average Bonchev–Trinajstić information content (AvgIpc) is 2.42. The van der Waals surface area contributed by atoms with Crippen molar-refractivity contribution in [3.63, 3.8) is 0 Å². The number of hydrogen-bond donors (Lipinski definition) is 1. The number of pyridine rings is 1. The van der Waals surface area contributed by atoms with Crippen LogP contribution in [0.25, 0.3) is 0 Å². The quantitative estimate of drug-likeness (QED) is 0.914. The van der Waals surface area contributed by atoms with Crippen molar-refractivity contribution in [3.05, 3.63) is 48.0 Å². The van der Waals surface area contributed by atoms with E-state index in [1.54, 1.807) is 12.1 Å². The molecule has 0 fully saturated rings.